The summed E-state index contributed by atoms with van der Waals surface area (Å²) in [6.45, 7) is 5.52. The fourth-order valence-corrected chi connectivity index (χ4v) is 7.81. The molecule has 6 heteroatoms. The van der Waals surface area contributed by atoms with Crippen molar-refractivity contribution in [2.24, 2.45) is 0 Å². The summed E-state index contributed by atoms with van der Waals surface area (Å²) in [6.07, 6.45) is 36.3. The van der Waals surface area contributed by atoms with Gasteiger partial charge in [0.1, 0.15) is 0 Å². The Balaban J connectivity index is 1.71. The third-order valence-electron chi connectivity index (χ3n) is 10.5. The van der Waals surface area contributed by atoms with Crippen molar-refractivity contribution in [3.05, 3.63) is 0 Å². The van der Waals surface area contributed by atoms with E-state index in [1.807, 2.05) is 0 Å². The van der Waals surface area contributed by atoms with Crippen LogP contribution in [0.1, 0.15) is 213 Å². The minimum atomic E-state index is -0.311. The SMILES string of the molecule is CCCCCCCCCCCCOC(=O)NC1(CC2(NC(=O)OCCCCCCCCCCCC)CCCCC2)CCCCC1. The van der Waals surface area contributed by atoms with Crippen LogP contribution in [0, 0.1) is 0 Å². The number of ether oxygens (including phenoxy) is 2. The van der Waals surface area contributed by atoms with Crippen molar-refractivity contribution >= 4 is 12.2 Å². The molecule has 2 aliphatic carbocycles. The molecule has 2 saturated carbocycles. The molecule has 0 unspecified atom stereocenters. The molecule has 0 atom stereocenters. The molecule has 0 aliphatic heterocycles. The molecule has 0 aromatic rings. The van der Waals surface area contributed by atoms with Crippen molar-refractivity contribution in [1.82, 2.24) is 10.6 Å². The van der Waals surface area contributed by atoms with E-state index >= 15 is 0 Å². The Kier molecular flexibility index (Phi) is 22.6. The van der Waals surface area contributed by atoms with Crippen LogP contribution in [0.3, 0.4) is 0 Å². The zero-order valence-electron chi connectivity index (χ0n) is 30.0. The summed E-state index contributed by atoms with van der Waals surface area (Å²) < 4.78 is 11.4. The molecule has 2 rings (SSSR count). The van der Waals surface area contributed by atoms with Gasteiger partial charge in [0, 0.05) is 11.1 Å². The number of rotatable bonds is 26. The molecule has 2 amide bonds. The van der Waals surface area contributed by atoms with Gasteiger partial charge in [-0.15, -0.1) is 0 Å². The smallest absolute Gasteiger partial charge is 0.407 e. The molecule has 0 saturated heterocycles. The van der Waals surface area contributed by atoms with E-state index in [2.05, 4.69) is 24.5 Å². The normalized spacial score (nSPS) is 17.5. The highest BCUT2D eigenvalue weighted by atomic mass is 16.6. The lowest BCUT2D eigenvalue weighted by Gasteiger charge is -2.47. The summed E-state index contributed by atoms with van der Waals surface area (Å²) in [6, 6.07) is 0. The third kappa shape index (κ3) is 19.1. The van der Waals surface area contributed by atoms with E-state index in [0.717, 1.165) is 83.5 Å². The number of alkyl carbamates (subject to hydrolysis) is 2. The van der Waals surface area contributed by atoms with Crippen LogP contribution in [0.15, 0.2) is 0 Å². The molecule has 0 heterocycles. The maximum absolute atomic E-state index is 13.0. The van der Waals surface area contributed by atoms with Gasteiger partial charge in [-0.25, -0.2) is 9.59 Å². The number of carbonyl (C=O) groups excluding carboxylic acids is 2. The molecular weight excluding hydrogens is 560 g/mol. The van der Waals surface area contributed by atoms with Gasteiger partial charge in [0.2, 0.25) is 0 Å². The van der Waals surface area contributed by atoms with Crippen molar-refractivity contribution in [1.29, 1.82) is 0 Å². The third-order valence-corrected chi connectivity index (χ3v) is 10.5. The fraction of sp³-hybridized carbons (Fsp3) is 0.949. The number of amides is 2. The summed E-state index contributed by atoms with van der Waals surface area (Å²) in [4.78, 5) is 26.1. The molecule has 2 aliphatic rings. The van der Waals surface area contributed by atoms with Crippen molar-refractivity contribution < 1.29 is 19.1 Å². The number of hydrogen-bond acceptors (Lipinski definition) is 4. The van der Waals surface area contributed by atoms with Crippen LogP contribution < -0.4 is 10.6 Å². The van der Waals surface area contributed by atoms with Crippen LogP contribution in [-0.4, -0.2) is 36.5 Å². The summed E-state index contributed by atoms with van der Waals surface area (Å²) in [5.41, 5.74) is -0.622. The molecule has 6 nitrogen and oxygen atoms in total. The number of unbranched alkanes of at least 4 members (excludes halogenated alkanes) is 18. The van der Waals surface area contributed by atoms with E-state index in [1.165, 1.54) is 116 Å². The molecule has 0 bridgehead atoms. The van der Waals surface area contributed by atoms with E-state index in [4.69, 9.17) is 9.47 Å². The number of hydrogen-bond donors (Lipinski definition) is 2. The lowest BCUT2D eigenvalue weighted by atomic mass is 9.68. The van der Waals surface area contributed by atoms with Gasteiger partial charge in [0.25, 0.3) is 0 Å². The second-order valence-corrected chi connectivity index (χ2v) is 14.7. The number of carbonyl (C=O) groups is 2. The first kappa shape index (κ1) is 39.7. The van der Waals surface area contributed by atoms with Crippen LogP contribution in [0.5, 0.6) is 0 Å². The van der Waals surface area contributed by atoms with Crippen LogP contribution in [-0.2, 0) is 9.47 Å². The highest BCUT2D eigenvalue weighted by Crippen LogP contribution is 2.41. The van der Waals surface area contributed by atoms with Gasteiger partial charge < -0.3 is 20.1 Å². The second kappa shape index (κ2) is 25.6. The topological polar surface area (TPSA) is 76.7 Å². The van der Waals surface area contributed by atoms with E-state index in [0.29, 0.717) is 13.2 Å². The Morgan fingerprint density at radius 2 is 0.733 bits per heavy atom. The molecule has 0 radical (unpaired) electrons. The standard InChI is InChI=1S/C39H74N2O4/c1-3-5-7-9-11-13-15-17-19-27-33-44-36(42)40-38(29-23-21-24-30-38)35-39(31-25-22-26-32-39)41-37(43)45-34-28-20-18-16-14-12-10-8-6-4-2/h3-35H2,1-2H3,(H,40,42)(H,41,43). The molecule has 45 heavy (non-hydrogen) atoms. The molecule has 2 N–H and O–H groups in total. The van der Waals surface area contributed by atoms with E-state index < -0.39 is 0 Å². The van der Waals surface area contributed by atoms with Gasteiger partial charge >= 0.3 is 12.2 Å². The maximum Gasteiger partial charge on any atom is 0.407 e. The fourth-order valence-electron chi connectivity index (χ4n) is 7.81. The van der Waals surface area contributed by atoms with Gasteiger partial charge in [0.15, 0.2) is 0 Å². The Hall–Kier alpha value is -1.46. The lowest BCUT2D eigenvalue weighted by molar-refractivity contribution is 0.0827. The van der Waals surface area contributed by atoms with Crippen LogP contribution in [0.2, 0.25) is 0 Å². The van der Waals surface area contributed by atoms with Crippen molar-refractivity contribution in [2.45, 2.75) is 224 Å². The highest BCUT2D eigenvalue weighted by Gasteiger charge is 2.44. The zero-order chi connectivity index (χ0) is 32.3. The zero-order valence-corrected chi connectivity index (χ0v) is 30.0. The Bertz CT molecular complexity index is 671. The molecule has 0 aromatic carbocycles. The summed E-state index contributed by atoms with van der Waals surface area (Å²) in [7, 11) is 0. The molecular formula is C39H74N2O4. The van der Waals surface area contributed by atoms with E-state index in [1.54, 1.807) is 0 Å². The van der Waals surface area contributed by atoms with Crippen molar-refractivity contribution in [3.63, 3.8) is 0 Å². The van der Waals surface area contributed by atoms with Crippen LogP contribution in [0.4, 0.5) is 9.59 Å². The van der Waals surface area contributed by atoms with Gasteiger partial charge in [-0.3, -0.25) is 0 Å². The van der Waals surface area contributed by atoms with Gasteiger partial charge in [0.05, 0.1) is 13.2 Å². The Labute approximate surface area is 278 Å². The lowest BCUT2D eigenvalue weighted by Crippen LogP contribution is -2.60. The Morgan fingerprint density at radius 1 is 0.444 bits per heavy atom. The Morgan fingerprint density at radius 3 is 1.04 bits per heavy atom. The average Bonchev–Trinajstić information content (AvgIpc) is 3.03. The van der Waals surface area contributed by atoms with Crippen molar-refractivity contribution in [3.8, 4) is 0 Å². The van der Waals surface area contributed by atoms with E-state index in [-0.39, 0.29) is 23.3 Å². The van der Waals surface area contributed by atoms with Crippen LogP contribution in [0.25, 0.3) is 0 Å². The molecule has 264 valence electrons. The quantitative estimate of drug-likeness (QED) is 0.0928. The molecule has 0 spiro atoms. The predicted molar refractivity (Wildman–Crippen MR) is 189 cm³/mol. The average molecular weight is 635 g/mol. The first-order valence-corrected chi connectivity index (χ1v) is 19.9. The summed E-state index contributed by atoms with van der Waals surface area (Å²) in [5, 5.41) is 6.70. The first-order chi connectivity index (χ1) is 22.0. The predicted octanol–water partition coefficient (Wildman–Crippen LogP) is 12.1. The second-order valence-electron chi connectivity index (χ2n) is 14.7. The maximum atomic E-state index is 13.0. The highest BCUT2D eigenvalue weighted by molar-refractivity contribution is 5.69. The first-order valence-electron chi connectivity index (χ1n) is 19.9. The largest absolute Gasteiger partial charge is 0.450 e. The van der Waals surface area contributed by atoms with Gasteiger partial charge in [-0.2, -0.15) is 0 Å². The summed E-state index contributed by atoms with van der Waals surface area (Å²) >= 11 is 0. The van der Waals surface area contributed by atoms with Gasteiger partial charge in [-0.1, -0.05) is 168 Å². The van der Waals surface area contributed by atoms with E-state index in [9.17, 15) is 9.59 Å². The minimum Gasteiger partial charge on any atom is -0.450 e. The number of nitrogens with one attached hydrogen (secondary N) is 2. The van der Waals surface area contributed by atoms with Crippen LogP contribution >= 0.6 is 0 Å². The van der Waals surface area contributed by atoms with Gasteiger partial charge in [-0.05, 0) is 44.9 Å². The molecule has 0 aromatic heterocycles. The minimum absolute atomic E-state index is 0.276. The monoisotopic (exact) mass is 635 g/mol. The van der Waals surface area contributed by atoms with Crippen molar-refractivity contribution in [2.75, 3.05) is 13.2 Å². The molecule has 2 fully saturated rings. The summed E-state index contributed by atoms with van der Waals surface area (Å²) in [5.74, 6) is 0.